The van der Waals surface area contributed by atoms with E-state index < -0.39 is 10.0 Å². The number of likely N-dealkylation sites (N-methyl/N-ethyl adjacent to an activating group) is 1. The summed E-state index contributed by atoms with van der Waals surface area (Å²) in [5, 5.41) is 3.44. The number of nitrogens with zero attached hydrogens (tertiary/aromatic N) is 3. The average Bonchev–Trinajstić information content (AvgIpc) is 3.47. The third kappa shape index (κ3) is 4.59. The number of likely N-dealkylation sites (tertiary alicyclic amines) is 1. The molecule has 0 radical (unpaired) electrons. The fourth-order valence-corrected chi connectivity index (χ4v) is 6.49. The first-order valence-electron chi connectivity index (χ1n) is 10.4. The molecule has 1 aliphatic rings. The second kappa shape index (κ2) is 9.03. The molecule has 1 fully saturated rings. The van der Waals surface area contributed by atoms with E-state index in [0.29, 0.717) is 22.2 Å². The van der Waals surface area contributed by atoms with Crippen LogP contribution in [-0.2, 0) is 17.1 Å². The number of thiazole rings is 1. The highest BCUT2D eigenvalue weighted by Crippen LogP contribution is 2.33. The third-order valence-corrected chi connectivity index (χ3v) is 8.71. The first-order chi connectivity index (χ1) is 14.8. The lowest BCUT2D eigenvalue weighted by Gasteiger charge is -2.22. The molecule has 2 aromatic heterocycles. The van der Waals surface area contributed by atoms with E-state index in [1.54, 1.807) is 6.07 Å². The molecule has 0 saturated carbocycles. The zero-order valence-corrected chi connectivity index (χ0v) is 20.3. The van der Waals surface area contributed by atoms with Gasteiger partial charge in [-0.3, -0.25) is 4.90 Å². The Balaban J connectivity index is 1.57. The minimum absolute atomic E-state index is 0.268. The summed E-state index contributed by atoms with van der Waals surface area (Å²) in [6.45, 7) is 6.38. The van der Waals surface area contributed by atoms with Gasteiger partial charge in [-0.15, -0.1) is 11.3 Å². The van der Waals surface area contributed by atoms with Crippen molar-refractivity contribution in [2.45, 2.75) is 37.6 Å². The molecule has 6 nitrogen and oxygen atoms in total. The lowest BCUT2D eigenvalue weighted by molar-refractivity contribution is 0.268. The Morgan fingerprint density at radius 1 is 1.29 bits per heavy atom. The molecule has 0 aliphatic carbocycles. The topological polar surface area (TPSA) is 67.2 Å². The van der Waals surface area contributed by atoms with Gasteiger partial charge in [-0.1, -0.05) is 30.7 Å². The van der Waals surface area contributed by atoms with Crippen molar-refractivity contribution in [2.75, 3.05) is 19.6 Å². The van der Waals surface area contributed by atoms with E-state index in [4.69, 9.17) is 16.6 Å². The summed E-state index contributed by atoms with van der Waals surface area (Å²) in [6.07, 6.45) is 2.15. The van der Waals surface area contributed by atoms with Crippen molar-refractivity contribution in [1.82, 2.24) is 19.2 Å². The molecule has 0 amide bonds. The second-order valence-electron chi connectivity index (χ2n) is 7.86. The Morgan fingerprint density at radius 2 is 2.03 bits per heavy atom. The number of hydrogen-bond acceptors (Lipinski definition) is 5. The fourth-order valence-electron chi connectivity index (χ4n) is 4.12. The van der Waals surface area contributed by atoms with E-state index in [0.717, 1.165) is 47.9 Å². The Morgan fingerprint density at radius 3 is 2.74 bits per heavy atom. The van der Waals surface area contributed by atoms with Crippen LogP contribution in [0.2, 0.25) is 5.02 Å². The Kier molecular flexibility index (Phi) is 6.55. The maximum atomic E-state index is 13.1. The molecule has 1 N–H and O–H groups in total. The van der Waals surface area contributed by atoms with Crippen LogP contribution in [0.3, 0.4) is 0 Å². The van der Waals surface area contributed by atoms with Crippen LogP contribution in [0.5, 0.6) is 0 Å². The summed E-state index contributed by atoms with van der Waals surface area (Å²) < 4.78 is 30.9. The van der Waals surface area contributed by atoms with Crippen LogP contribution in [0.25, 0.3) is 22.0 Å². The smallest absolute Gasteiger partial charge is 0.242 e. The van der Waals surface area contributed by atoms with Gasteiger partial charge < -0.3 is 4.57 Å². The lowest BCUT2D eigenvalue weighted by atomic mass is 10.2. The van der Waals surface area contributed by atoms with Gasteiger partial charge in [0.05, 0.1) is 11.4 Å². The minimum Gasteiger partial charge on any atom is -0.345 e. The lowest BCUT2D eigenvalue weighted by Crippen LogP contribution is -2.40. The van der Waals surface area contributed by atoms with E-state index in [1.807, 2.05) is 48.2 Å². The van der Waals surface area contributed by atoms with Crippen LogP contribution >= 0.6 is 22.9 Å². The SMILES string of the molecule is CCN1CCC[C@H]1CNS(=O)(=O)c1cc(-c2nc(-c3ccc(Cl)cc3)cs2)n(C)c1C. The van der Waals surface area contributed by atoms with Crippen LogP contribution < -0.4 is 4.72 Å². The van der Waals surface area contributed by atoms with E-state index >= 15 is 0 Å². The third-order valence-electron chi connectivity index (χ3n) is 6.06. The molecule has 3 aromatic rings. The average molecular weight is 479 g/mol. The fraction of sp³-hybridized carbons (Fsp3) is 0.409. The van der Waals surface area contributed by atoms with E-state index in [9.17, 15) is 8.42 Å². The molecule has 166 valence electrons. The Labute approximate surface area is 192 Å². The molecule has 1 aromatic carbocycles. The van der Waals surface area contributed by atoms with Crippen LogP contribution in [0.15, 0.2) is 40.6 Å². The van der Waals surface area contributed by atoms with Crippen molar-refractivity contribution in [1.29, 1.82) is 0 Å². The molecule has 0 unspecified atom stereocenters. The highest BCUT2D eigenvalue weighted by atomic mass is 35.5. The zero-order valence-electron chi connectivity index (χ0n) is 17.9. The molecule has 1 atom stereocenters. The van der Waals surface area contributed by atoms with Crippen molar-refractivity contribution in [2.24, 2.45) is 7.05 Å². The molecular weight excluding hydrogens is 452 g/mol. The number of aromatic nitrogens is 2. The number of sulfonamides is 1. The van der Waals surface area contributed by atoms with Crippen LogP contribution in [0.4, 0.5) is 0 Å². The number of halogens is 1. The van der Waals surface area contributed by atoms with Gasteiger partial charge in [-0.05, 0) is 51.1 Å². The number of nitrogens with one attached hydrogen (secondary N) is 1. The summed E-state index contributed by atoms with van der Waals surface area (Å²) in [4.78, 5) is 7.39. The Hall–Kier alpha value is -1.71. The standard InChI is InChI=1S/C22H27ClN4O2S2/c1-4-27-11-5-6-18(27)13-24-31(28,29)21-12-20(26(3)15(21)2)22-25-19(14-30-22)16-7-9-17(23)10-8-16/h7-10,12,14,18,24H,4-6,11,13H2,1-3H3/t18-/m0/s1. The first kappa shape index (κ1) is 22.5. The maximum absolute atomic E-state index is 13.1. The van der Waals surface area contributed by atoms with Crippen LogP contribution in [0.1, 0.15) is 25.5 Å². The molecule has 4 rings (SSSR count). The quantitative estimate of drug-likeness (QED) is 0.541. The molecule has 1 aliphatic heterocycles. The minimum atomic E-state index is -3.61. The highest BCUT2D eigenvalue weighted by molar-refractivity contribution is 7.89. The monoisotopic (exact) mass is 478 g/mol. The van der Waals surface area contributed by atoms with Gasteiger partial charge in [0.15, 0.2) is 0 Å². The van der Waals surface area contributed by atoms with Gasteiger partial charge in [0.25, 0.3) is 0 Å². The van der Waals surface area contributed by atoms with Gasteiger partial charge in [-0.25, -0.2) is 18.1 Å². The van der Waals surface area contributed by atoms with E-state index in [2.05, 4.69) is 16.5 Å². The van der Waals surface area contributed by atoms with Crippen molar-refractivity contribution in [3.63, 3.8) is 0 Å². The van der Waals surface area contributed by atoms with Gasteiger partial charge in [0.1, 0.15) is 9.90 Å². The second-order valence-corrected chi connectivity index (χ2v) is 10.9. The summed E-state index contributed by atoms with van der Waals surface area (Å²) in [6, 6.07) is 9.53. The summed E-state index contributed by atoms with van der Waals surface area (Å²) in [5.41, 5.74) is 3.31. The predicted molar refractivity (Wildman–Crippen MR) is 127 cm³/mol. The van der Waals surface area contributed by atoms with Crippen molar-refractivity contribution in [3.05, 3.63) is 46.4 Å². The predicted octanol–water partition coefficient (Wildman–Crippen LogP) is 4.54. The molecule has 31 heavy (non-hydrogen) atoms. The summed E-state index contributed by atoms with van der Waals surface area (Å²) >= 11 is 7.48. The van der Waals surface area contributed by atoms with Gasteiger partial charge in [0, 0.05) is 41.3 Å². The Bertz CT molecular complexity index is 1170. The van der Waals surface area contributed by atoms with Gasteiger partial charge in [0.2, 0.25) is 10.0 Å². The molecule has 1 saturated heterocycles. The first-order valence-corrected chi connectivity index (χ1v) is 13.2. The highest BCUT2D eigenvalue weighted by Gasteiger charge is 2.27. The van der Waals surface area contributed by atoms with Gasteiger partial charge in [-0.2, -0.15) is 0 Å². The van der Waals surface area contributed by atoms with Crippen LogP contribution in [0, 0.1) is 6.92 Å². The van der Waals surface area contributed by atoms with Crippen LogP contribution in [-0.4, -0.2) is 48.5 Å². The van der Waals surface area contributed by atoms with Gasteiger partial charge >= 0.3 is 0 Å². The van der Waals surface area contributed by atoms with Crippen molar-refractivity contribution < 1.29 is 8.42 Å². The molecule has 3 heterocycles. The molecule has 0 spiro atoms. The maximum Gasteiger partial charge on any atom is 0.242 e. The number of hydrogen-bond donors (Lipinski definition) is 1. The normalized spacial score (nSPS) is 17.5. The number of rotatable bonds is 7. The summed E-state index contributed by atoms with van der Waals surface area (Å²) in [7, 11) is -1.73. The van der Waals surface area contributed by atoms with E-state index in [-0.39, 0.29) is 6.04 Å². The largest absolute Gasteiger partial charge is 0.345 e. The molecule has 0 bridgehead atoms. The zero-order chi connectivity index (χ0) is 22.2. The van der Waals surface area contributed by atoms with E-state index in [1.165, 1.54) is 11.3 Å². The number of benzene rings is 1. The van der Waals surface area contributed by atoms with Crippen molar-refractivity contribution in [3.8, 4) is 22.0 Å². The molecule has 9 heteroatoms. The summed E-state index contributed by atoms with van der Waals surface area (Å²) in [5.74, 6) is 0. The molecular formula is C22H27ClN4O2S2. The van der Waals surface area contributed by atoms with Crippen molar-refractivity contribution >= 4 is 33.0 Å².